The van der Waals surface area contributed by atoms with Crippen molar-refractivity contribution in [1.29, 1.82) is 0 Å². The average molecular weight is 560 g/mol. The number of nitrogens with zero attached hydrogens (tertiary/aromatic N) is 3. The Balaban J connectivity index is 1.42. The lowest BCUT2D eigenvalue weighted by atomic mass is 10.0. The van der Waals surface area contributed by atoms with Crippen molar-refractivity contribution >= 4 is 66.7 Å². The summed E-state index contributed by atoms with van der Waals surface area (Å²) < 4.78 is 20.1. The summed E-state index contributed by atoms with van der Waals surface area (Å²) in [4.78, 5) is 5.02. The van der Waals surface area contributed by atoms with E-state index in [1.807, 2.05) is 48.5 Å². The molecular formula is C37H26N3OP. The molecule has 9 rings (SSSR count). The maximum atomic E-state index is 15.5. The first kappa shape index (κ1) is 23.8. The Hall–Kier alpha value is -4.92. The smallest absolute Gasteiger partial charge is 0.175 e. The Bertz CT molecular complexity index is 2430. The summed E-state index contributed by atoms with van der Waals surface area (Å²) in [6.45, 7) is 2.14. The highest BCUT2D eigenvalue weighted by molar-refractivity contribution is 7.86. The number of aromatic nitrogens is 3. The van der Waals surface area contributed by atoms with Gasteiger partial charge in [-0.3, -0.25) is 4.57 Å². The van der Waals surface area contributed by atoms with Crippen LogP contribution in [0.1, 0.15) is 12.7 Å². The van der Waals surface area contributed by atoms with Crippen LogP contribution < -0.4 is 15.9 Å². The average Bonchev–Trinajstić information content (AvgIpc) is 3.60. The monoisotopic (exact) mass is 559 g/mol. The van der Waals surface area contributed by atoms with Gasteiger partial charge in [-0.05, 0) is 53.2 Å². The standard InChI is InChI=1S/C37H26N3OP/c1-2-35-38-29-16-10-18-34-37(29)40(35)32-23-25(20-22-33(32)42(34,41)26-12-4-3-5-13-26)39-30-17-9-8-15-28(30)36-27-14-7-6-11-24(27)19-21-31(36)39/h3-23H,2H2,1H3. The third-order valence-corrected chi connectivity index (χ3v) is 12.0. The van der Waals surface area contributed by atoms with E-state index in [1.54, 1.807) is 0 Å². The Morgan fingerprint density at radius 3 is 2.31 bits per heavy atom. The number of benzene rings is 6. The molecule has 0 spiro atoms. The Morgan fingerprint density at radius 2 is 1.45 bits per heavy atom. The second-order valence-electron chi connectivity index (χ2n) is 11.0. The molecule has 1 aliphatic heterocycles. The number of imidazole rings is 1. The summed E-state index contributed by atoms with van der Waals surface area (Å²) in [6.07, 6.45) is 0.773. The molecule has 8 aromatic rings. The molecule has 0 N–H and O–H groups in total. The summed E-state index contributed by atoms with van der Waals surface area (Å²) in [5, 5.41) is 7.52. The fraction of sp³-hybridized carbons (Fsp3) is 0.0541. The predicted octanol–water partition coefficient (Wildman–Crippen LogP) is 7.79. The minimum atomic E-state index is -3.16. The quantitative estimate of drug-likeness (QED) is 0.207. The van der Waals surface area contributed by atoms with Crippen LogP contribution in [-0.4, -0.2) is 14.1 Å². The second-order valence-corrected chi connectivity index (χ2v) is 13.7. The van der Waals surface area contributed by atoms with E-state index in [0.29, 0.717) is 0 Å². The minimum absolute atomic E-state index is 0.773. The zero-order chi connectivity index (χ0) is 28.0. The van der Waals surface area contributed by atoms with Crippen LogP contribution in [0.5, 0.6) is 0 Å². The summed E-state index contributed by atoms with van der Waals surface area (Å²) >= 11 is 0. The van der Waals surface area contributed by atoms with Crippen LogP contribution in [0.4, 0.5) is 0 Å². The fourth-order valence-electron chi connectivity index (χ4n) is 7.07. The highest BCUT2D eigenvalue weighted by atomic mass is 31.2. The number of fused-ring (bicyclic) bond motifs is 7. The van der Waals surface area contributed by atoms with Crippen molar-refractivity contribution in [3.63, 3.8) is 0 Å². The van der Waals surface area contributed by atoms with Crippen molar-refractivity contribution in [1.82, 2.24) is 14.1 Å². The zero-order valence-electron chi connectivity index (χ0n) is 23.0. The van der Waals surface area contributed by atoms with Crippen molar-refractivity contribution in [2.75, 3.05) is 0 Å². The Labute approximate surface area is 242 Å². The van der Waals surface area contributed by atoms with Crippen molar-refractivity contribution < 1.29 is 4.57 Å². The molecule has 0 bridgehead atoms. The van der Waals surface area contributed by atoms with E-state index in [-0.39, 0.29) is 0 Å². The predicted molar refractivity (Wildman–Crippen MR) is 175 cm³/mol. The molecule has 0 fully saturated rings. The van der Waals surface area contributed by atoms with E-state index < -0.39 is 7.14 Å². The fourth-order valence-corrected chi connectivity index (χ4v) is 10.1. The molecule has 1 unspecified atom stereocenters. The lowest BCUT2D eigenvalue weighted by molar-refractivity contribution is 0.592. The van der Waals surface area contributed by atoms with Crippen LogP contribution in [0.2, 0.25) is 0 Å². The van der Waals surface area contributed by atoms with Crippen LogP contribution in [-0.2, 0) is 11.0 Å². The normalized spacial score (nSPS) is 16.0. The molecule has 3 heterocycles. The van der Waals surface area contributed by atoms with E-state index in [9.17, 15) is 0 Å². The highest BCUT2D eigenvalue weighted by Crippen LogP contribution is 2.50. The molecular weight excluding hydrogens is 533 g/mol. The van der Waals surface area contributed by atoms with Crippen LogP contribution >= 0.6 is 7.14 Å². The first-order valence-electron chi connectivity index (χ1n) is 14.4. The lowest BCUT2D eigenvalue weighted by Crippen LogP contribution is -2.33. The van der Waals surface area contributed by atoms with Gasteiger partial charge < -0.3 is 9.13 Å². The van der Waals surface area contributed by atoms with Crippen molar-refractivity contribution in [2.45, 2.75) is 13.3 Å². The van der Waals surface area contributed by atoms with Crippen molar-refractivity contribution in [2.24, 2.45) is 0 Å². The lowest BCUT2D eigenvalue weighted by Gasteiger charge is -2.29. The van der Waals surface area contributed by atoms with Gasteiger partial charge >= 0.3 is 0 Å². The first-order valence-corrected chi connectivity index (χ1v) is 16.1. The molecule has 6 aromatic carbocycles. The molecule has 1 atom stereocenters. The van der Waals surface area contributed by atoms with E-state index in [0.717, 1.165) is 61.6 Å². The van der Waals surface area contributed by atoms with Gasteiger partial charge in [-0.2, -0.15) is 0 Å². The first-order chi connectivity index (χ1) is 20.7. The topological polar surface area (TPSA) is 39.8 Å². The number of hydrogen-bond acceptors (Lipinski definition) is 2. The number of hydrogen-bond donors (Lipinski definition) is 0. The maximum Gasteiger partial charge on any atom is 0.175 e. The number of para-hydroxylation sites is 2. The molecule has 5 heteroatoms. The van der Waals surface area contributed by atoms with Gasteiger partial charge in [0.05, 0.1) is 27.8 Å². The van der Waals surface area contributed by atoms with E-state index in [4.69, 9.17) is 4.98 Å². The second kappa shape index (κ2) is 8.55. The van der Waals surface area contributed by atoms with Crippen LogP contribution in [0.3, 0.4) is 0 Å². The Morgan fingerprint density at radius 1 is 0.667 bits per heavy atom. The molecule has 42 heavy (non-hydrogen) atoms. The number of rotatable bonds is 3. The number of aryl methyl sites for hydroxylation is 1. The third kappa shape index (κ3) is 2.97. The molecule has 0 amide bonds. The Kier molecular flexibility index (Phi) is 4.83. The van der Waals surface area contributed by atoms with Crippen molar-refractivity contribution in [3.05, 3.63) is 133 Å². The highest BCUT2D eigenvalue weighted by Gasteiger charge is 2.39. The van der Waals surface area contributed by atoms with Gasteiger partial charge in [-0.1, -0.05) is 91.9 Å². The van der Waals surface area contributed by atoms with Crippen LogP contribution in [0.15, 0.2) is 127 Å². The largest absolute Gasteiger partial charge is 0.309 e. The van der Waals surface area contributed by atoms with Gasteiger partial charge in [0, 0.05) is 38.8 Å². The maximum absolute atomic E-state index is 15.5. The molecule has 1 aliphatic rings. The van der Waals surface area contributed by atoms with Crippen molar-refractivity contribution in [3.8, 4) is 11.4 Å². The van der Waals surface area contributed by atoms with Crippen LogP contribution in [0.25, 0.3) is 55.0 Å². The summed E-state index contributed by atoms with van der Waals surface area (Å²) in [6, 6.07) is 44.1. The molecule has 4 nitrogen and oxygen atoms in total. The van der Waals surface area contributed by atoms with Gasteiger partial charge in [0.2, 0.25) is 0 Å². The van der Waals surface area contributed by atoms with Crippen LogP contribution in [0, 0.1) is 0 Å². The van der Waals surface area contributed by atoms with Gasteiger partial charge in [0.15, 0.2) is 7.14 Å². The SMILES string of the molecule is CCc1nc2cccc3c2n1-c1cc(-n2c4ccccc4c4c5ccccc5ccc42)ccc1P3(=O)c1ccccc1. The molecule has 0 saturated carbocycles. The summed E-state index contributed by atoms with van der Waals surface area (Å²) in [5.74, 6) is 0.975. The minimum Gasteiger partial charge on any atom is -0.309 e. The summed E-state index contributed by atoms with van der Waals surface area (Å²) in [5.41, 5.74) is 6.14. The molecule has 0 saturated heterocycles. The van der Waals surface area contributed by atoms with Gasteiger partial charge in [0.25, 0.3) is 0 Å². The molecule has 0 radical (unpaired) electrons. The third-order valence-electron chi connectivity index (χ3n) is 8.86. The summed E-state index contributed by atoms with van der Waals surface area (Å²) in [7, 11) is -3.16. The molecule has 2 aromatic heterocycles. The van der Waals surface area contributed by atoms with Gasteiger partial charge in [-0.25, -0.2) is 4.98 Å². The van der Waals surface area contributed by atoms with Gasteiger partial charge in [0.1, 0.15) is 5.82 Å². The zero-order valence-corrected chi connectivity index (χ0v) is 23.9. The van der Waals surface area contributed by atoms with Gasteiger partial charge in [-0.15, -0.1) is 0 Å². The molecule has 200 valence electrons. The van der Waals surface area contributed by atoms with E-state index in [2.05, 4.69) is 94.9 Å². The molecule has 0 aliphatic carbocycles. The van der Waals surface area contributed by atoms with E-state index >= 15 is 4.57 Å². The van der Waals surface area contributed by atoms with E-state index in [1.165, 1.54) is 21.5 Å².